The monoisotopic (exact) mass is 491 g/mol. The van der Waals surface area contributed by atoms with Crippen molar-refractivity contribution in [1.82, 2.24) is 4.90 Å². The first kappa shape index (κ1) is 24.0. The fourth-order valence-electron chi connectivity index (χ4n) is 4.82. The maximum atomic E-state index is 14.5. The largest absolute Gasteiger partial charge is 0.497 e. The molecule has 7 heteroatoms. The van der Waals surface area contributed by atoms with E-state index in [0.717, 1.165) is 50.3 Å². The van der Waals surface area contributed by atoms with Gasteiger partial charge in [-0.2, -0.15) is 0 Å². The van der Waals surface area contributed by atoms with E-state index >= 15 is 0 Å². The molecule has 0 radical (unpaired) electrons. The molecule has 1 amide bonds. The summed E-state index contributed by atoms with van der Waals surface area (Å²) in [7, 11) is 1.54. The number of hydrogen-bond acceptors (Lipinski definition) is 5. The van der Waals surface area contributed by atoms with Crippen LogP contribution in [0.15, 0.2) is 60.7 Å². The number of ether oxygens (including phenoxy) is 4. The Balaban J connectivity index is 1.12. The third-order valence-electron chi connectivity index (χ3n) is 6.95. The molecule has 36 heavy (non-hydrogen) atoms. The Hall–Kier alpha value is -3.74. The minimum atomic E-state index is -0.374. The molecule has 0 spiro atoms. The minimum absolute atomic E-state index is 0.0508. The lowest BCUT2D eigenvalue weighted by atomic mass is 9.90. The van der Waals surface area contributed by atoms with Crippen molar-refractivity contribution in [2.75, 3.05) is 33.6 Å². The summed E-state index contributed by atoms with van der Waals surface area (Å²) in [6, 6.07) is 17.9. The lowest BCUT2D eigenvalue weighted by Gasteiger charge is -2.32. The number of carbonyl (C=O) groups excluding carboxylic acids is 1. The van der Waals surface area contributed by atoms with Crippen LogP contribution in [0.4, 0.5) is 4.39 Å². The quantitative estimate of drug-likeness (QED) is 0.418. The van der Waals surface area contributed by atoms with Crippen LogP contribution < -0.4 is 18.9 Å². The second-order valence-electron chi connectivity index (χ2n) is 9.18. The van der Waals surface area contributed by atoms with Gasteiger partial charge in [0.15, 0.2) is 18.1 Å². The summed E-state index contributed by atoms with van der Waals surface area (Å²) in [5, 5.41) is 0. The van der Waals surface area contributed by atoms with E-state index in [0.29, 0.717) is 35.3 Å². The molecule has 6 nitrogen and oxygen atoms in total. The molecule has 3 aromatic rings. The highest BCUT2D eigenvalue weighted by atomic mass is 19.1. The van der Waals surface area contributed by atoms with Gasteiger partial charge in [-0.1, -0.05) is 24.3 Å². The third-order valence-corrected chi connectivity index (χ3v) is 6.95. The molecule has 0 bridgehead atoms. The van der Waals surface area contributed by atoms with E-state index in [1.165, 1.54) is 11.6 Å². The number of aryl methyl sites for hydroxylation is 1. The van der Waals surface area contributed by atoms with Crippen LogP contribution in [0.25, 0.3) is 11.1 Å². The van der Waals surface area contributed by atoms with Gasteiger partial charge in [0.25, 0.3) is 5.91 Å². The van der Waals surface area contributed by atoms with Gasteiger partial charge >= 0.3 is 0 Å². The first-order chi connectivity index (χ1) is 17.6. The van der Waals surface area contributed by atoms with Crippen molar-refractivity contribution in [2.24, 2.45) is 5.92 Å². The van der Waals surface area contributed by atoms with E-state index in [1.807, 2.05) is 23.1 Å². The number of methoxy groups -OCH3 is 1. The Morgan fingerprint density at radius 1 is 1.00 bits per heavy atom. The lowest BCUT2D eigenvalue weighted by molar-refractivity contribution is -0.134. The lowest BCUT2D eigenvalue weighted by Crippen LogP contribution is -2.41. The zero-order chi connectivity index (χ0) is 24.9. The predicted molar refractivity (Wildman–Crippen MR) is 134 cm³/mol. The van der Waals surface area contributed by atoms with Crippen LogP contribution in [-0.2, 0) is 11.2 Å². The summed E-state index contributed by atoms with van der Waals surface area (Å²) in [5.41, 5.74) is 2.21. The minimum Gasteiger partial charge on any atom is -0.497 e. The molecule has 0 unspecified atom stereocenters. The normalized spacial score (nSPS) is 15.1. The van der Waals surface area contributed by atoms with Crippen LogP contribution in [-0.4, -0.2) is 44.4 Å². The number of hydrogen-bond donors (Lipinski definition) is 0. The fourth-order valence-corrected chi connectivity index (χ4v) is 4.82. The van der Waals surface area contributed by atoms with Gasteiger partial charge in [-0.25, -0.2) is 4.39 Å². The summed E-state index contributed by atoms with van der Waals surface area (Å²) in [6.07, 6.45) is 4.01. The van der Waals surface area contributed by atoms with Gasteiger partial charge in [0, 0.05) is 24.2 Å². The van der Waals surface area contributed by atoms with Crippen molar-refractivity contribution >= 4 is 5.91 Å². The third kappa shape index (κ3) is 5.40. The molecule has 0 aromatic heterocycles. The molecular formula is C29H30FNO5. The summed E-state index contributed by atoms with van der Waals surface area (Å²) in [6.45, 7) is 1.66. The maximum Gasteiger partial charge on any atom is 0.260 e. The van der Waals surface area contributed by atoms with Gasteiger partial charge in [0.1, 0.15) is 17.3 Å². The SMILES string of the molecule is COc1ccc(F)c(-c2ccccc2OCC(=O)N2CCC(CCc3ccc4c(c3)OCO4)CC2)c1. The molecule has 1 saturated heterocycles. The van der Waals surface area contributed by atoms with Gasteiger partial charge in [-0.15, -0.1) is 0 Å². The van der Waals surface area contributed by atoms with Gasteiger partial charge in [-0.3, -0.25) is 4.79 Å². The Bertz CT molecular complexity index is 1220. The Morgan fingerprint density at radius 2 is 1.81 bits per heavy atom. The second kappa shape index (κ2) is 10.9. The number of halogens is 1. The van der Waals surface area contributed by atoms with Crippen molar-refractivity contribution in [2.45, 2.75) is 25.7 Å². The van der Waals surface area contributed by atoms with E-state index in [-0.39, 0.29) is 18.3 Å². The van der Waals surface area contributed by atoms with Gasteiger partial charge in [0.2, 0.25) is 6.79 Å². The molecule has 188 valence electrons. The molecule has 5 rings (SSSR count). The van der Waals surface area contributed by atoms with Crippen molar-refractivity contribution in [3.63, 3.8) is 0 Å². The maximum absolute atomic E-state index is 14.5. The molecule has 2 aliphatic rings. The Kier molecular flexibility index (Phi) is 7.26. The van der Waals surface area contributed by atoms with E-state index in [4.69, 9.17) is 18.9 Å². The number of nitrogens with zero attached hydrogens (tertiary/aromatic N) is 1. The molecule has 3 aromatic carbocycles. The number of para-hydroxylation sites is 1. The van der Waals surface area contributed by atoms with Crippen molar-refractivity contribution in [1.29, 1.82) is 0 Å². The molecule has 0 saturated carbocycles. The van der Waals surface area contributed by atoms with Crippen LogP contribution in [0, 0.1) is 11.7 Å². The summed E-state index contributed by atoms with van der Waals surface area (Å²) < 4.78 is 36.5. The number of rotatable bonds is 8. The van der Waals surface area contributed by atoms with Crippen molar-refractivity contribution in [3.05, 3.63) is 72.0 Å². The molecular weight excluding hydrogens is 461 g/mol. The summed E-state index contributed by atoms with van der Waals surface area (Å²) in [5.74, 6) is 2.81. The highest BCUT2D eigenvalue weighted by Gasteiger charge is 2.24. The fraction of sp³-hybridized carbons (Fsp3) is 0.345. The summed E-state index contributed by atoms with van der Waals surface area (Å²) in [4.78, 5) is 14.7. The molecule has 0 N–H and O–H groups in total. The molecule has 0 aliphatic carbocycles. The van der Waals surface area contributed by atoms with Gasteiger partial charge < -0.3 is 23.8 Å². The first-order valence-corrected chi connectivity index (χ1v) is 12.3. The first-order valence-electron chi connectivity index (χ1n) is 12.3. The van der Waals surface area contributed by atoms with E-state index in [1.54, 1.807) is 31.4 Å². The Morgan fingerprint density at radius 3 is 2.64 bits per heavy atom. The van der Waals surface area contributed by atoms with E-state index in [9.17, 15) is 9.18 Å². The topological polar surface area (TPSA) is 57.2 Å². The Labute approximate surface area is 210 Å². The van der Waals surface area contributed by atoms with Gasteiger partial charge in [0.05, 0.1) is 7.11 Å². The average molecular weight is 492 g/mol. The second-order valence-corrected chi connectivity index (χ2v) is 9.18. The van der Waals surface area contributed by atoms with Crippen LogP contribution in [0.3, 0.4) is 0 Å². The number of fused-ring (bicyclic) bond motifs is 1. The number of carbonyl (C=O) groups is 1. The zero-order valence-corrected chi connectivity index (χ0v) is 20.4. The number of benzene rings is 3. The average Bonchev–Trinajstić information content (AvgIpc) is 3.39. The molecule has 2 aliphatic heterocycles. The van der Waals surface area contributed by atoms with E-state index in [2.05, 4.69) is 12.1 Å². The highest BCUT2D eigenvalue weighted by molar-refractivity contribution is 5.79. The smallest absolute Gasteiger partial charge is 0.260 e. The van der Waals surface area contributed by atoms with Crippen molar-refractivity contribution in [3.8, 4) is 34.1 Å². The number of amides is 1. The van der Waals surface area contributed by atoms with E-state index < -0.39 is 0 Å². The van der Waals surface area contributed by atoms with Crippen LogP contribution in [0.5, 0.6) is 23.0 Å². The van der Waals surface area contributed by atoms with Crippen LogP contribution in [0.2, 0.25) is 0 Å². The number of likely N-dealkylation sites (tertiary alicyclic amines) is 1. The summed E-state index contributed by atoms with van der Waals surface area (Å²) >= 11 is 0. The number of piperidine rings is 1. The standard InChI is InChI=1S/C29H30FNO5/c1-33-22-9-10-25(30)24(17-22)23-4-2-3-5-26(23)34-18-29(32)31-14-12-20(13-15-31)6-7-21-8-11-27-28(16-21)36-19-35-27/h2-5,8-11,16-17,20H,6-7,12-15,18-19H2,1H3. The van der Waals surface area contributed by atoms with Crippen LogP contribution >= 0.6 is 0 Å². The molecule has 2 heterocycles. The van der Waals surface area contributed by atoms with Crippen LogP contribution in [0.1, 0.15) is 24.8 Å². The van der Waals surface area contributed by atoms with Gasteiger partial charge in [-0.05, 0) is 73.6 Å². The highest BCUT2D eigenvalue weighted by Crippen LogP contribution is 2.35. The molecule has 0 atom stereocenters. The molecule has 1 fully saturated rings. The predicted octanol–water partition coefficient (Wildman–Crippen LogP) is 5.48. The van der Waals surface area contributed by atoms with Crippen molar-refractivity contribution < 1.29 is 28.1 Å². The zero-order valence-electron chi connectivity index (χ0n) is 20.4.